The molecule has 0 aliphatic heterocycles. The molecule has 0 unspecified atom stereocenters. The molecular weight excluding hydrogens is 326 g/mol. The van der Waals surface area contributed by atoms with Gasteiger partial charge in [-0.2, -0.15) is 5.10 Å². The standard InChI is InChI=1S/C16H13N5O4/c22-16(9-25-15-8-4-3-7-14(15)21(23)24)19-12-5-1-2-6-13(12)20-11-17-10-18-20/h1-8,10-11H,9H2,(H,19,22). The molecule has 3 rings (SSSR count). The Morgan fingerprint density at radius 3 is 2.72 bits per heavy atom. The molecule has 0 aliphatic rings. The number of nitrogens with zero attached hydrogens (tertiary/aromatic N) is 4. The number of hydrogen-bond acceptors (Lipinski definition) is 6. The fourth-order valence-electron chi connectivity index (χ4n) is 2.17. The van der Waals surface area contributed by atoms with Gasteiger partial charge in [0, 0.05) is 6.07 Å². The number of para-hydroxylation sites is 4. The van der Waals surface area contributed by atoms with E-state index in [9.17, 15) is 14.9 Å². The van der Waals surface area contributed by atoms with Crippen LogP contribution in [0.5, 0.6) is 5.75 Å². The fourth-order valence-corrected chi connectivity index (χ4v) is 2.17. The van der Waals surface area contributed by atoms with Crippen LogP contribution >= 0.6 is 0 Å². The van der Waals surface area contributed by atoms with Gasteiger partial charge in [-0.15, -0.1) is 0 Å². The molecule has 0 saturated heterocycles. The SMILES string of the molecule is O=C(COc1ccccc1[N+](=O)[O-])Nc1ccccc1-n1cncn1. The summed E-state index contributed by atoms with van der Waals surface area (Å²) < 4.78 is 6.79. The van der Waals surface area contributed by atoms with Crippen LogP contribution in [0.4, 0.5) is 11.4 Å². The van der Waals surface area contributed by atoms with Gasteiger partial charge in [-0.25, -0.2) is 9.67 Å². The smallest absolute Gasteiger partial charge is 0.310 e. The first-order valence-corrected chi connectivity index (χ1v) is 7.25. The Hall–Kier alpha value is -3.75. The van der Waals surface area contributed by atoms with Crippen LogP contribution in [0.15, 0.2) is 61.2 Å². The first-order valence-electron chi connectivity index (χ1n) is 7.25. The maximum atomic E-state index is 12.1. The van der Waals surface area contributed by atoms with Crippen LogP contribution in [0.1, 0.15) is 0 Å². The normalized spacial score (nSPS) is 10.2. The third-order valence-electron chi connectivity index (χ3n) is 3.26. The summed E-state index contributed by atoms with van der Waals surface area (Å²) in [5.41, 5.74) is 0.960. The number of nitrogens with one attached hydrogen (secondary N) is 1. The number of ether oxygens (including phenoxy) is 1. The summed E-state index contributed by atoms with van der Waals surface area (Å²) >= 11 is 0. The van der Waals surface area contributed by atoms with Crippen LogP contribution in [-0.2, 0) is 4.79 Å². The van der Waals surface area contributed by atoms with Gasteiger partial charge in [0.25, 0.3) is 5.91 Å². The lowest BCUT2D eigenvalue weighted by molar-refractivity contribution is -0.385. The molecule has 0 bridgehead atoms. The summed E-state index contributed by atoms with van der Waals surface area (Å²) in [7, 11) is 0. The Labute approximate surface area is 142 Å². The van der Waals surface area contributed by atoms with Crippen molar-refractivity contribution in [1.29, 1.82) is 0 Å². The maximum absolute atomic E-state index is 12.1. The molecule has 9 nitrogen and oxygen atoms in total. The Balaban J connectivity index is 1.70. The van der Waals surface area contributed by atoms with Gasteiger partial charge < -0.3 is 10.1 Å². The highest BCUT2D eigenvalue weighted by atomic mass is 16.6. The summed E-state index contributed by atoms with van der Waals surface area (Å²) in [5.74, 6) is -0.419. The molecule has 1 aromatic heterocycles. The van der Waals surface area contributed by atoms with Crippen molar-refractivity contribution in [3.8, 4) is 11.4 Å². The van der Waals surface area contributed by atoms with Crippen molar-refractivity contribution in [2.75, 3.05) is 11.9 Å². The molecule has 0 radical (unpaired) electrons. The molecule has 1 heterocycles. The lowest BCUT2D eigenvalue weighted by atomic mass is 10.2. The summed E-state index contributed by atoms with van der Waals surface area (Å²) in [4.78, 5) is 26.4. The number of hydrogen-bond donors (Lipinski definition) is 1. The molecule has 25 heavy (non-hydrogen) atoms. The number of rotatable bonds is 6. The zero-order chi connectivity index (χ0) is 17.6. The average molecular weight is 339 g/mol. The van der Waals surface area contributed by atoms with E-state index >= 15 is 0 Å². The van der Waals surface area contributed by atoms with E-state index in [0.717, 1.165) is 0 Å². The minimum Gasteiger partial charge on any atom is -0.477 e. The van der Waals surface area contributed by atoms with Crippen LogP contribution in [0.2, 0.25) is 0 Å². The van der Waals surface area contributed by atoms with E-state index in [1.165, 1.54) is 35.5 Å². The third-order valence-corrected chi connectivity index (χ3v) is 3.26. The van der Waals surface area contributed by atoms with Crippen molar-refractivity contribution < 1.29 is 14.5 Å². The predicted octanol–water partition coefficient (Wildman–Crippen LogP) is 2.19. The molecule has 9 heteroatoms. The maximum Gasteiger partial charge on any atom is 0.310 e. The fraction of sp³-hybridized carbons (Fsp3) is 0.0625. The van der Waals surface area contributed by atoms with E-state index in [0.29, 0.717) is 11.4 Å². The topological polar surface area (TPSA) is 112 Å². The summed E-state index contributed by atoms with van der Waals surface area (Å²) in [6.45, 7) is -0.365. The molecule has 1 N–H and O–H groups in total. The Bertz CT molecular complexity index is 895. The highest BCUT2D eigenvalue weighted by Crippen LogP contribution is 2.25. The highest BCUT2D eigenvalue weighted by Gasteiger charge is 2.15. The molecule has 0 atom stereocenters. The van der Waals surface area contributed by atoms with Crippen LogP contribution in [0.3, 0.4) is 0 Å². The van der Waals surface area contributed by atoms with Crippen molar-refractivity contribution in [3.63, 3.8) is 0 Å². The molecule has 0 fully saturated rings. The van der Waals surface area contributed by atoms with E-state index in [1.54, 1.807) is 30.3 Å². The van der Waals surface area contributed by atoms with Gasteiger partial charge in [-0.05, 0) is 18.2 Å². The number of benzene rings is 2. The van der Waals surface area contributed by atoms with E-state index in [1.807, 2.05) is 0 Å². The first kappa shape index (κ1) is 16.1. The third kappa shape index (κ3) is 3.78. The van der Waals surface area contributed by atoms with E-state index in [4.69, 9.17) is 4.74 Å². The lowest BCUT2D eigenvalue weighted by Crippen LogP contribution is -2.21. The van der Waals surface area contributed by atoms with Gasteiger partial charge in [0.1, 0.15) is 12.7 Å². The molecule has 126 valence electrons. The number of carbonyl (C=O) groups is 1. The second-order valence-corrected chi connectivity index (χ2v) is 4.92. The Kier molecular flexibility index (Phi) is 4.65. The molecule has 0 aliphatic carbocycles. The zero-order valence-corrected chi connectivity index (χ0v) is 12.9. The largest absolute Gasteiger partial charge is 0.477 e. The number of carbonyl (C=O) groups excluding carboxylic acids is 1. The van der Waals surface area contributed by atoms with Gasteiger partial charge >= 0.3 is 5.69 Å². The van der Waals surface area contributed by atoms with E-state index in [-0.39, 0.29) is 18.0 Å². The van der Waals surface area contributed by atoms with E-state index in [2.05, 4.69) is 15.4 Å². The summed E-state index contributed by atoms with van der Waals surface area (Å²) in [5, 5.41) is 17.7. The van der Waals surface area contributed by atoms with Crippen molar-refractivity contribution in [2.24, 2.45) is 0 Å². The van der Waals surface area contributed by atoms with Crippen LogP contribution in [0, 0.1) is 10.1 Å². The van der Waals surface area contributed by atoms with E-state index < -0.39 is 10.8 Å². The molecule has 3 aromatic rings. The van der Waals surface area contributed by atoms with Crippen molar-refractivity contribution >= 4 is 17.3 Å². The molecular formula is C16H13N5O4. The first-order chi connectivity index (χ1) is 12.1. The quantitative estimate of drug-likeness (QED) is 0.544. The minimum atomic E-state index is -0.562. The Morgan fingerprint density at radius 1 is 1.20 bits per heavy atom. The number of anilines is 1. The van der Waals surface area contributed by atoms with Gasteiger partial charge in [0.05, 0.1) is 16.3 Å². The average Bonchev–Trinajstić information content (AvgIpc) is 3.15. The molecule has 0 spiro atoms. The number of nitro groups is 1. The molecule has 0 saturated carbocycles. The molecule has 1 amide bonds. The summed E-state index contributed by atoms with van der Waals surface area (Å²) in [6.07, 6.45) is 2.89. The van der Waals surface area contributed by atoms with Crippen LogP contribution in [-0.4, -0.2) is 32.2 Å². The van der Waals surface area contributed by atoms with Gasteiger partial charge in [-0.3, -0.25) is 14.9 Å². The number of amides is 1. The van der Waals surface area contributed by atoms with Crippen molar-refractivity contribution in [1.82, 2.24) is 14.8 Å². The molecule has 2 aromatic carbocycles. The van der Waals surface area contributed by atoms with Gasteiger partial charge in [-0.1, -0.05) is 24.3 Å². The van der Waals surface area contributed by atoms with Gasteiger partial charge in [0.2, 0.25) is 0 Å². The minimum absolute atomic E-state index is 0.0345. The van der Waals surface area contributed by atoms with Crippen molar-refractivity contribution in [3.05, 3.63) is 71.3 Å². The lowest BCUT2D eigenvalue weighted by Gasteiger charge is -2.11. The van der Waals surface area contributed by atoms with Crippen LogP contribution in [0.25, 0.3) is 5.69 Å². The van der Waals surface area contributed by atoms with Gasteiger partial charge in [0.15, 0.2) is 12.4 Å². The monoisotopic (exact) mass is 339 g/mol. The highest BCUT2D eigenvalue weighted by molar-refractivity contribution is 5.93. The number of aromatic nitrogens is 3. The number of nitro benzene ring substituents is 1. The predicted molar refractivity (Wildman–Crippen MR) is 88.6 cm³/mol. The second-order valence-electron chi connectivity index (χ2n) is 4.92. The van der Waals surface area contributed by atoms with Crippen LogP contribution < -0.4 is 10.1 Å². The van der Waals surface area contributed by atoms with Crippen molar-refractivity contribution in [2.45, 2.75) is 0 Å². The second kappa shape index (κ2) is 7.21. The zero-order valence-electron chi connectivity index (χ0n) is 12.9. The summed E-state index contributed by atoms with van der Waals surface area (Å²) in [6, 6.07) is 12.9. The Morgan fingerprint density at radius 2 is 1.96 bits per heavy atom.